The summed E-state index contributed by atoms with van der Waals surface area (Å²) < 4.78 is 0. The van der Waals surface area contributed by atoms with Crippen molar-refractivity contribution < 1.29 is 0 Å². The van der Waals surface area contributed by atoms with Crippen LogP contribution in [0.1, 0.15) is 51.5 Å². The van der Waals surface area contributed by atoms with Crippen molar-refractivity contribution in [2.45, 2.75) is 58.4 Å². The molecule has 2 heteroatoms. The summed E-state index contributed by atoms with van der Waals surface area (Å²) in [5.41, 5.74) is 9.57. The number of aryl methyl sites for hydroxylation is 1. The molecular weight excluding hydrogens is 256 g/mol. The van der Waals surface area contributed by atoms with Gasteiger partial charge in [0.1, 0.15) is 0 Å². The van der Waals surface area contributed by atoms with Gasteiger partial charge >= 0.3 is 0 Å². The van der Waals surface area contributed by atoms with E-state index in [0.717, 1.165) is 19.0 Å². The third kappa shape index (κ3) is 2.96. The maximum Gasteiger partial charge on any atom is 0.0401 e. The Hall–Kier alpha value is -1.02. The fraction of sp³-hybridized carbons (Fsp3) is 0.684. The van der Waals surface area contributed by atoms with Crippen molar-refractivity contribution in [3.05, 3.63) is 29.8 Å². The minimum atomic E-state index is 0.330. The molecular formula is C19H30N2. The standard InChI is InChI=1S/C19H30N2/c1-15-6-5-11-19(12-15,13-20)14-21-16(2)9-10-17-7-3-4-8-18(17)21/h3-4,7-8,15-16H,5-6,9-14,20H2,1-2H3. The number of nitrogens with zero attached hydrogens (tertiary/aromatic N) is 1. The molecule has 2 nitrogen and oxygen atoms in total. The number of benzene rings is 1. The molecule has 1 fully saturated rings. The minimum absolute atomic E-state index is 0.330. The average Bonchev–Trinajstić information content (AvgIpc) is 2.50. The Bertz CT molecular complexity index is 484. The Morgan fingerprint density at radius 2 is 2.05 bits per heavy atom. The number of nitrogens with two attached hydrogens (primary N) is 1. The summed E-state index contributed by atoms with van der Waals surface area (Å²) in [4.78, 5) is 2.66. The molecule has 1 aromatic rings. The van der Waals surface area contributed by atoms with E-state index in [0.29, 0.717) is 11.5 Å². The first-order chi connectivity index (χ1) is 10.1. The molecule has 2 N–H and O–H groups in total. The van der Waals surface area contributed by atoms with Gasteiger partial charge in [-0.25, -0.2) is 0 Å². The van der Waals surface area contributed by atoms with Crippen molar-refractivity contribution in [1.29, 1.82) is 0 Å². The van der Waals surface area contributed by atoms with Crippen molar-refractivity contribution >= 4 is 5.69 Å². The summed E-state index contributed by atoms with van der Waals surface area (Å²) in [6.45, 7) is 6.76. The maximum absolute atomic E-state index is 6.26. The zero-order valence-electron chi connectivity index (χ0n) is 13.6. The highest BCUT2D eigenvalue weighted by Gasteiger charge is 2.37. The van der Waals surface area contributed by atoms with E-state index in [1.54, 1.807) is 0 Å². The number of anilines is 1. The highest BCUT2D eigenvalue weighted by molar-refractivity contribution is 5.56. The molecule has 3 unspecified atom stereocenters. The molecule has 1 heterocycles. The molecule has 1 aliphatic heterocycles. The highest BCUT2D eigenvalue weighted by atomic mass is 15.2. The predicted molar refractivity (Wildman–Crippen MR) is 90.7 cm³/mol. The molecule has 1 saturated carbocycles. The van der Waals surface area contributed by atoms with Gasteiger partial charge in [-0.15, -0.1) is 0 Å². The van der Waals surface area contributed by atoms with E-state index in [4.69, 9.17) is 5.73 Å². The lowest BCUT2D eigenvalue weighted by atomic mass is 9.69. The molecule has 0 radical (unpaired) electrons. The Morgan fingerprint density at radius 1 is 1.24 bits per heavy atom. The van der Waals surface area contributed by atoms with Gasteiger partial charge in [-0.2, -0.15) is 0 Å². The van der Waals surface area contributed by atoms with Crippen LogP contribution in [0.2, 0.25) is 0 Å². The zero-order chi connectivity index (χ0) is 14.9. The second kappa shape index (κ2) is 6.00. The van der Waals surface area contributed by atoms with Gasteiger partial charge in [0.25, 0.3) is 0 Å². The fourth-order valence-corrected chi connectivity index (χ4v) is 4.52. The summed E-state index contributed by atoms with van der Waals surface area (Å²) in [6.07, 6.45) is 7.83. The maximum atomic E-state index is 6.26. The molecule has 116 valence electrons. The number of para-hydroxylation sites is 1. The van der Waals surface area contributed by atoms with Crippen LogP contribution in [0.4, 0.5) is 5.69 Å². The SMILES string of the molecule is CC1CCCC(CN)(CN2c3ccccc3CCC2C)C1. The lowest BCUT2D eigenvalue weighted by Gasteiger charge is -2.47. The van der Waals surface area contributed by atoms with Crippen LogP contribution in [0.25, 0.3) is 0 Å². The number of rotatable bonds is 3. The topological polar surface area (TPSA) is 29.3 Å². The molecule has 2 aliphatic rings. The first-order valence-electron chi connectivity index (χ1n) is 8.68. The summed E-state index contributed by atoms with van der Waals surface area (Å²) in [5.74, 6) is 0.831. The lowest BCUT2D eigenvalue weighted by Crippen LogP contribution is -2.49. The van der Waals surface area contributed by atoms with Gasteiger partial charge in [0.15, 0.2) is 0 Å². The van der Waals surface area contributed by atoms with Crippen LogP contribution in [0, 0.1) is 11.3 Å². The molecule has 3 atom stereocenters. The van der Waals surface area contributed by atoms with Gasteiger partial charge < -0.3 is 10.6 Å². The molecule has 3 rings (SSSR count). The monoisotopic (exact) mass is 286 g/mol. The Morgan fingerprint density at radius 3 is 2.81 bits per heavy atom. The van der Waals surface area contributed by atoms with Crippen molar-refractivity contribution in [3.8, 4) is 0 Å². The molecule has 1 aliphatic carbocycles. The summed E-state index contributed by atoms with van der Waals surface area (Å²) in [5, 5.41) is 0. The molecule has 1 aromatic carbocycles. The van der Waals surface area contributed by atoms with E-state index in [9.17, 15) is 0 Å². The smallest absolute Gasteiger partial charge is 0.0401 e. The molecule has 21 heavy (non-hydrogen) atoms. The van der Waals surface area contributed by atoms with E-state index in [-0.39, 0.29) is 0 Å². The summed E-state index contributed by atoms with van der Waals surface area (Å²) >= 11 is 0. The normalized spacial score (nSPS) is 32.8. The second-order valence-electron chi connectivity index (χ2n) is 7.55. The van der Waals surface area contributed by atoms with Crippen LogP contribution in [0.15, 0.2) is 24.3 Å². The van der Waals surface area contributed by atoms with E-state index in [1.165, 1.54) is 49.8 Å². The van der Waals surface area contributed by atoms with Crippen LogP contribution in [-0.4, -0.2) is 19.1 Å². The fourth-order valence-electron chi connectivity index (χ4n) is 4.52. The molecule has 0 aromatic heterocycles. The Balaban J connectivity index is 1.85. The first kappa shape index (κ1) is 14.9. The second-order valence-corrected chi connectivity index (χ2v) is 7.55. The number of hydrogen-bond donors (Lipinski definition) is 1. The van der Waals surface area contributed by atoms with Crippen LogP contribution < -0.4 is 10.6 Å². The van der Waals surface area contributed by atoms with E-state index >= 15 is 0 Å². The van der Waals surface area contributed by atoms with Crippen molar-refractivity contribution in [2.75, 3.05) is 18.0 Å². The van der Waals surface area contributed by atoms with Crippen LogP contribution in [0.3, 0.4) is 0 Å². The lowest BCUT2D eigenvalue weighted by molar-refractivity contribution is 0.156. The number of fused-ring (bicyclic) bond motifs is 1. The molecule has 0 amide bonds. The average molecular weight is 286 g/mol. The molecule has 0 bridgehead atoms. The van der Waals surface area contributed by atoms with Crippen molar-refractivity contribution in [3.63, 3.8) is 0 Å². The molecule has 0 spiro atoms. The van der Waals surface area contributed by atoms with Gasteiger partial charge in [0.2, 0.25) is 0 Å². The quantitative estimate of drug-likeness (QED) is 0.910. The third-order valence-corrected chi connectivity index (χ3v) is 5.79. The van der Waals surface area contributed by atoms with Gasteiger partial charge in [-0.1, -0.05) is 38.0 Å². The Kier molecular flexibility index (Phi) is 4.26. The van der Waals surface area contributed by atoms with Crippen LogP contribution in [-0.2, 0) is 6.42 Å². The largest absolute Gasteiger partial charge is 0.368 e. The molecule has 0 saturated heterocycles. The van der Waals surface area contributed by atoms with Crippen LogP contribution >= 0.6 is 0 Å². The van der Waals surface area contributed by atoms with Gasteiger partial charge in [0.05, 0.1) is 0 Å². The summed E-state index contributed by atoms with van der Waals surface area (Å²) in [6, 6.07) is 9.60. The summed E-state index contributed by atoms with van der Waals surface area (Å²) in [7, 11) is 0. The van der Waals surface area contributed by atoms with Gasteiger partial charge in [-0.05, 0) is 56.7 Å². The first-order valence-corrected chi connectivity index (χ1v) is 8.68. The zero-order valence-corrected chi connectivity index (χ0v) is 13.6. The van der Waals surface area contributed by atoms with Crippen LogP contribution in [0.5, 0.6) is 0 Å². The van der Waals surface area contributed by atoms with Crippen molar-refractivity contribution in [1.82, 2.24) is 0 Å². The third-order valence-electron chi connectivity index (χ3n) is 5.79. The van der Waals surface area contributed by atoms with E-state index < -0.39 is 0 Å². The predicted octanol–water partition coefficient (Wildman–Crippen LogP) is 3.98. The van der Waals surface area contributed by atoms with E-state index in [1.807, 2.05) is 0 Å². The number of hydrogen-bond acceptors (Lipinski definition) is 2. The van der Waals surface area contributed by atoms with Gasteiger partial charge in [-0.3, -0.25) is 0 Å². The minimum Gasteiger partial charge on any atom is -0.368 e. The van der Waals surface area contributed by atoms with Gasteiger partial charge in [0, 0.05) is 23.7 Å². The van der Waals surface area contributed by atoms with E-state index in [2.05, 4.69) is 43.0 Å². The Labute approximate surface area is 129 Å². The van der Waals surface area contributed by atoms with Crippen molar-refractivity contribution in [2.24, 2.45) is 17.1 Å². The highest BCUT2D eigenvalue weighted by Crippen LogP contribution is 2.42.